The fourth-order valence-electron chi connectivity index (χ4n) is 1.80. The van der Waals surface area contributed by atoms with Gasteiger partial charge in [0.1, 0.15) is 0 Å². The highest BCUT2D eigenvalue weighted by Crippen LogP contribution is 2.30. The van der Waals surface area contributed by atoms with Crippen LogP contribution in [0.15, 0.2) is 52.8 Å². The highest BCUT2D eigenvalue weighted by Gasteiger charge is 2.30. The summed E-state index contributed by atoms with van der Waals surface area (Å²) in [5.41, 5.74) is 1.08. The lowest BCUT2D eigenvalue weighted by Crippen LogP contribution is -2.20. The van der Waals surface area contributed by atoms with Crippen LogP contribution in [0.2, 0.25) is 0 Å². The second-order valence-corrected chi connectivity index (χ2v) is 5.06. The zero-order chi connectivity index (χ0) is 14.5. The quantitative estimate of drug-likeness (QED) is 0.780. The molecule has 1 aliphatic carbocycles. The molecule has 0 bridgehead atoms. The Bertz CT molecular complexity index is 587. The molecular weight excluding hydrogens is 276 g/mol. The maximum atomic E-state index is 12.2. The zero-order valence-electron chi connectivity index (χ0n) is 11.2. The summed E-state index contributed by atoms with van der Waals surface area (Å²) in [7, 11) is 2.69. The van der Waals surface area contributed by atoms with Gasteiger partial charge in [0.05, 0.1) is 19.1 Å². The maximum absolute atomic E-state index is 12.2. The molecule has 0 fully saturated rings. The van der Waals surface area contributed by atoms with Crippen LogP contribution in [0.3, 0.4) is 0 Å². The number of rotatable bonds is 5. The van der Waals surface area contributed by atoms with Gasteiger partial charge in [0, 0.05) is 11.8 Å². The highest BCUT2D eigenvalue weighted by molar-refractivity contribution is 8.03. The van der Waals surface area contributed by atoms with E-state index in [1.165, 1.54) is 32.1 Å². The Balaban J connectivity index is 2.14. The molecule has 0 N–H and O–H groups in total. The molecule has 0 heterocycles. The number of ketones is 2. The van der Waals surface area contributed by atoms with E-state index in [9.17, 15) is 9.59 Å². The summed E-state index contributed by atoms with van der Waals surface area (Å²) in [5.74, 6) is -0.119. The SMILES string of the molecule is COC1=C(OC)C(=O)C(SCc2ccccc2)=CC1=O. The molecule has 1 aromatic carbocycles. The van der Waals surface area contributed by atoms with Gasteiger partial charge in [-0.05, 0) is 5.56 Å². The van der Waals surface area contributed by atoms with E-state index in [-0.39, 0.29) is 23.1 Å². The van der Waals surface area contributed by atoms with E-state index in [0.29, 0.717) is 10.7 Å². The standard InChI is InChI=1S/C15H14O4S/c1-18-14-11(16)8-12(13(17)15(14)19-2)20-9-10-6-4-3-5-7-10/h3-8H,9H2,1-2H3. The van der Waals surface area contributed by atoms with E-state index in [2.05, 4.69) is 0 Å². The first-order valence-corrected chi connectivity index (χ1v) is 6.95. The van der Waals surface area contributed by atoms with Crippen molar-refractivity contribution in [3.05, 3.63) is 58.4 Å². The minimum absolute atomic E-state index is 0.0319. The molecule has 0 atom stereocenters. The molecule has 1 aromatic rings. The van der Waals surface area contributed by atoms with E-state index < -0.39 is 0 Å². The number of carbonyl (C=O) groups excluding carboxylic acids is 2. The molecule has 0 radical (unpaired) electrons. The van der Waals surface area contributed by atoms with Crippen molar-refractivity contribution in [1.29, 1.82) is 0 Å². The van der Waals surface area contributed by atoms with Crippen LogP contribution in [-0.2, 0) is 24.8 Å². The lowest BCUT2D eigenvalue weighted by Gasteiger charge is -2.16. The van der Waals surface area contributed by atoms with Crippen LogP contribution >= 0.6 is 11.8 Å². The Morgan fingerprint density at radius 2 is 1.65 bits per heavy atom. The monoisotopic (exact) mass is 290 g/mol. The third-order valence-corrected chi connectivity index (χ3v) is 3.86. The van der Waals surface area contributed by atoms with Crippen LogP contribution in [-0.4, -0.2) is 25.8 Å². The van der Waals surface area contributed by atoms with Crippen LogP contribution in [0.4, 0.5) is 0 Å². The molecular formula is C15H14O4S. The Kier molecular flexibility index (Phi) is 4.63. The summed E-state index contributed by atoms with van der Waals surface area (Å²) >= 11 is 1.31. The molecule has 0 saturated heterocycles. The van der Waals surface area contributed by atoms with Crippen molar-refractivity contribution in [3.63, 3.8) is 0 Å². The summed E-state index contributed by atoms with van der Waals surface area (Å²) in [6.07, 6.45) is 1.30. The van der Waals surface area contributed by atoms with E-state index in [1.807, 2.05) is 30.3 Å². The average Bonchev–Trinajstić information content (AvgIpc) is 2.48. The second kappa shape index (κ2) is 6.43. The lowest BCUT2D eigenvalue weighted by molar-refractivity contribution is -0.119. The largest absolute Gasteiger partial charge is 0.490 e. The molecule has 0 amide bonds. The van der Waals surface area contributed by atoms with Gasteiger partial charge in [-0.1, -0.05) is 30.3 Å². The van der Waals surface area contributed by atoms with Gasteiger partial charge in [0.15, 0.2) is 0 Å². The number of methoxy groups -OCH3 is 2. The Labute approximate surface area is 121 Å². The number of thioether (sulfide) groups is 1. The maximum Gasteiger partial charge on any atom is 0.238 e. The molecule has 0 aromatic heterocycles. The smallest absolute Gasteiger partial charge is 0.238 e. The first-order valence-electron chi connectivity index (χ1n) is 5.97. The number of benzene rings is 1. The summed E-state index contributed by atoms with van der Waals surface area (Å²) in [6, 6.07) is 9.73. The molecule has 1 aliphatic rings. The van der Waals surface area contributed by atoms with E-state index in [1.54, 1.807) is 0 Å². The first-order chi connectivity index (χ1) is 9.67. The number of allylic oxidation sites excluding steroid dienone is 2. The molecule has 0 saturated carbocycles. The van der Waals surface area contributed by atoms with Crippen molar-refractivity contribution in [1.82, 2.24) is 0 Å². The summed E-state index contributed by atoms with van der Waals surface area (Å²) in [5, 5.41) is 0. The van der Waals surface area contributed by atoms with Crippen LogP contribution in [0.25, 0.3) is 0 Å². The minimum atomic E-state index is -0.348. The van der Waals surface area contributed by atoms with Gasteiger partial charge in [-0.15, -0.1) is 11.8 Å². The highest BCUT2D eigenvalue weighted by atomic mass is 32.2. The molecule has 0 spiro atoms. The van der Waals surface area contributed by atoms with Gasteiger partial charge in [-0.2, -0.15) is 0 Å². The first kappa shape index (κ1) is 14.4. The lowest BCUT2D eigenvalue weighted by atomic mass is 10.1. The van der Waals surface area contributed by atoms with Crippen LogP contribution < -0.4 is 0 Å². The topological polar surface area (TPSA) is 52.6 Å². The van der Waals surface area contributed by atoms with Gasteiger partial charge in [0.25, 0.3) is 0 Å². The van der Waals surface area contributed by atoms with Crippen molar-refractivity contribution >= 4 is 23.3 Å². The predicted molar refractivity (Wildman–Crippen MR) is 76.9 cm³/mol. The van der Waals surface area contributed by atoms with Crippen molar-refractivity contribution in [2.45, 2.75) is 5.75 Å². The van der Waals surface area contributed by atoms with Gasteiger partial charge in [-0.3, -0.25) is 9.59 Å². The number of ether oxygens (including phenoxy) is 2. The number of hydrogen-bond donors (Lipinski definition) is 0. The third kappa shape index (κ3) is 2.93. The number of hydrogen-bond acceptors (Lipinski definition) is 5. The van der Waals surface area contributed by atoms with Gasteiger partial charge in [0.2, 0.25) is 23.1 Å². The van der Waals surface area contributed by atoms with Crippen LogP contribution in [0.1, 0.15) is 5.56 Å². The number of carbonyl (C=O) groups is 2. The van der Waals surface area contributed by atoms with Crippen LogP contribution in [0, 0.1) is 0 Å². The van der Waals surface area contributed by atoms with Gasteiger partial charge < -0.3 is 9.47 Å². The zero-order valence-corrected chi connectivity index (χ0v) is 12.0. The van der Waals surface area contributed by atoms with Crippen molar-refractivity contribution in [3.8, 4) is 0 Å². The van der Waals surface area contributed by atoms with E-state index in [4.69, 9.17) is 9.47 Å². The van der Waals surface area contributed by atoms with Crippen molar-refractivity contribution in [2.75, 3.05) is 14.2 Å². The Morgan fingerprint density at radius 1 is 1.00 bits per heavy atom. The summed E-state index contributed by atoms with van der Waals surface area (Å²) in [6.45, 7) is 0. The normalized spacial score (nSPS) is 15.2. The third-order valence-electron chi connectivity index (χ3n) is 2.77. The molecule has 5 heteroatoms. The predicted octanol–water partition coefficient (Wildman–Crippen LogP) is 2.46. The second-order valence-electron chi connectivity index (χ2n) is 4.04. The number of Topliss-reactive ketones (excluding diaryl/α,β-unsaturated/α-hetero) is 1. The molecule has 104 valence electrons. The molecule has 0 aliphatic heterocycles. The molecule has 2 rings (SSSR count). The van der Waals surface area contributed by atoms with Crippen LogP contribution in [0.5, 0.6) is 0 Å². The molecule has 4 nitrogen and oxygen atoms in total. The molecule has 20 heavy (non-hydrogen) atoms. The van der Waals surface area contributed by atoms with E-state index >= 15 is 0 Å². The van der Waals surface area contributed by atoms with E-state index in [0.717, 1.165) is 5.56 Å². The molecule has 0 unspecified atom stereocenters. The Morgan fingerprint density at radius 3 is 2.25 bits per heavy atom. The summed E-state index contributed by atoms with van der Waals surface area (Å²) < 4.78 is 9.91. The average molecular weight is 290 g/mol. The van der Waals surface area contributed by atoms with Gasteiger partial charge >= 0.3 is 0 Å². The minimum Gasteiger partial charge on any atom is -0.490 e. The fraction of sp³-hybridized carbons (Fsp3) is 0.200. The summed E-state index contributed by atoms with van der Waals surface area (Å²) in [4.78, 5) is 24.4. The van der Waals surface area contributed by atoms with Gasteiger partial charge in [-0.25, -0.2) is 0 Å². The Hall–Kier alpha value is -2.01. The fourth-order valence-corrected chi connectivity index (χ4v) is 2.73. The van der Waals surface area contributed by atoms with Crippen molar-refractivity contribution in [2.24, 2.45) is 0 Å². The van der Waals surface area contributed by atoms with Crippen molar-refractivity contribution < 1.29 is 19.1 Å².